The third kappa shape index (κ3) is 5.72. The van der Waals surface area contributed by atoms with Gasteiger partial charge in [0.25, 0.3) is 0 Å². The molecular formula is C61H49N5. The molecule has 14 rings (SSSR count). The Kier molecular flexibility index (Phi) is 8.62. The lowest BCUT2D eigenvalue weighted by Gasteiger charge is -2.40. The van der Waals surface area contributed by atoms with E-state index >= 15 is 0 Å². The summed E-state index contributed by atoms with van der Waals surface area (Å²) in [6.45, 7) is 0. The van der Waals surface area contributed by atoms with Gasteiger partial charge in [0.2, 0.25) is 0 Å². The number of amidine groups is 2. The van der Waals surface area contributed by atoms with Crippen molar-refractivity contribution in [2.24, 2.45) is 27.7 Å². The van der Waals surface area contributed by atoms with E-state index in [4.69, 9.17) is 9.98 Å². The number of nitrogens with zero attached hydrogens (tertiary/aromatic N) is 4. The second kappa shape index (κ2) is 15.0. The number of hydrogen-bond donors (Lipinski definition) is 1. The minimum Gasteiger partial charge on any atom is -0.344 e. The van der Waals surface area contributed by atoms with E-state index < -0.39 is 6.17 Å². The molecule has 1 aromatic heterocycles. The van der Waals surface area contributed by atoms with Gasteiger partial charge in [0.05, 0.1) is 17.1 Å². The number of allylic oxidation sites excluding steroid dienone is 14. The number of aliphatic imine (C=N–C) groups is 2. The molecule has 0 fully saturated rings. The van der Waals surface area contributed by atoms with Crippen LogP contribution in [0.25, 0.3) is 34.3 Å². The van der Waals surface area contributed by atoms with Gasteiger partial charge in [0.1, 0.15) is 12.0 Å². The fourth-order valence-corrected chi connectivity index (χ4v) is 12.5. The first kappa shape index (κ1) is 37.8. The fraction of sp³-hybridized carbons (Fsp3) is 0.180. The van der Waals surface area contributed by atoms with E-state index in [-0.39, 0.29) is 29.7 Å². The van der Waals surface area contributed by atoms with Gasteiger partial charge in [-0.25, -0.2) is 9.98 Å². The lowest BCUT2D eigenvalue weighted by Crippen LogP contribution is -2.47. The molecule has 4 aromatic carbocycles. The smallest absolute Gasteiger partial charge is 0.159 e. The van der Waals surface area contributed by atoms with E-state index in [1.807, 2.05) is 0 Å². The van der Waals surface area contributed by atoms with Crippen molar-refractivity contribution in [3.63, 3.8) is 0 Å². The number of para-hydroxylation sites is 2. The van der Waals surface area contributed by atoms with E-state index in [1.165, 1.54) is 66.5 Å². The molecule has 0 radical (unpaired) electrons. The number of nitrogens with one attached hydrogen (secondary N) is 1. The van der Waals surface area contributed by atoms with Crippen LogP contribution in [-0.2, 0) is 6.42 Å². The van der Waals surface area contributed by atoms with Gasteiger partial charge < -0.3 is 14.8 Å². The zero-order valence-corrected chi connectivity index (χ0v) is 36.8. The maximum absolute atomic E-state index is 5.62. The van der Waals surface area contributed by atoms with Crippen LogP contribution in [0.5, 0.6) is 0 Å². The normalized spacial score (nSPS) is 25.9. The van der Waals surface area contributed by atoms with Crippen molar-refractivity contribution >= 4 is 46.0 Å². The van der Waals surface area contributed by atoms with Crippen molar-refractivity contribution in [1.29, 1.82) is 0 Å². The third-order valence-electron chi connectivity index (χ3n) is 15.4. The summed E-state index contributed by atoms with van der Waals surface area (Å²) in [6, 6.07) is 33.6. The molecule has 5 aromatic rings. The molecule has 1 N–H and O–H groups in total. The molecule has 66 heavy (non-hydrogen) atoms. The van der Waals surface area contributed by atoms with Gasteiger partial charge in [-0.1, -0.05) is 176 Å². The van der Waals surface area contributed by atoms with E-state index in [9.17, 15) is 0 Å². The minimum atomic E-state index is -0.399. The molecule has 5 nitrogen and oxygen atoms in total. The zero-order valence-electron chi connectivity index (χ0n) is 36.8. The van der Waals surface area contributed by atoms with E-state index in [1.54, 1.807) is 0 Å². The molecule has 6 unspecified atom stereocenters. The molecule has 3 heterocycles. The second-order valence-corrected chi connectivity index (χ2v) is 18.9. The summed E-state index contributed by atoms with van der Waals surface area (Å²) in [6.07, 6.45) is 44.6. The Labute approximate surface area is 385 Å². The number of fused-ring (bicyclic) bond motifs is 10. The standard InChI is InChI=1S/C61H49N5/c1-5-23-42-38(17-1)21-15-30-48(42)59-62-60(49-31-16-22-39-18-2-6-24-43(39)49)64-61(63-59)51-29-11-14-34-54(51)65-53-33-13-10-28-50(53)56-55(65)37-41-20-4-8-26-45(41)58(56)66-52-32-12-9-27-46(52)47-36-35-40-19-3-7-25-44(40)57(47)66/h1-2,4-12,14-18,20-25,27-32,34-38,42,45,47,57,61H,3,13,19,26,33H2,(H,62,63,64). The average molecular weight is 852 g/mol. The highest BCUT2D eigenvalue weighted by atomic mass is 15.2. The monoisotopic (exact) mass is 851 g/mol. The highest BCUT2D eigenvalue weighted by Gasteiger charge is 2.46. The SMILES string of the molecule is C1=CCC2C(=C1)C=c1c(c3c(n1-c1ccccc1C1N=C(c4cccc5ccccc45)N=C(C4=CC=CC5C=CC=CC45)N1)CCC=C3)=C2N1c2ccccc2C2C=CC3=C(C=CCC3)C21. The molecule has 9 aliphatic rings. The van der Waals surface area contributed by atoms with Gasteiger partial charge in [-0.2, -0.15) is 0 Å². The molecule has 5 heteroatoms. The molecule has 0 saturated carbocycles. The maximum Gasteiger partial charge on any atom is 0.159 e. The number of anilines is 1. The summed E-state index contributed by atoms with van der Waals surface area (Å²) in [5.74, 6) is 2.62. The van der Waals surface area contributed by atoms with Crippen LogP contribution >= 0.6 is 0 Å². The largest absolute Gasteiger partial charge is 0.344 e. The molecular weight excluding hydrogens is 803 g/mol. The fourth-order valence-electron chi connectivity index (χ4n) is 12.5. The van der Waals surface area contributed by atoms with Crippen molar-refractivity contribution in [2.75, 3.05) is 4.90 Å². The van der Waals surface area contributed by atoms with Crippen molar-refractivity contribution in [2.45, 2.75) is 50.2 Å². The van der Waals surface area contributed by atoms with Gasteiger partial charge in [-0.15, -0.1) is 0 Å². The maximum atomic E-state index is 5.62. The van der Waals surface area contributed by atoms with Crippen LogP contribution in [0.1, 0.15) is 65.7 Å². The highest BCUT2D eigenvalue weighted by Crippen LogP contribution is 2.53. The second-order valence-electron chi connectivity index (χ2n) is 18.9. The Morgan fingerprint density at radius 3 is 2.45 bits per heavy atom. The lowest BCUT2D eigenvalue weighted by molar-refractivity contribution is 0.619. The van der Waals surface area contributed by atoms with Crippen LogP contribution in [0, 0.1) is 17.8 Å². The number of benzene rings is 4. The van der Waals surface area contributed by atoms with Crippen molar-refractivity contribution in [3.8, 4) is 5.69 Å². The first-order valence-corrected chi connectivity index (χ1v) is 24.0. The Bertz CT molecular complexity index is 3470. The van der Waals surface area contributed by atoms with Crippen LogP contribution in [0.3, 0.4) is 0 Å². The summed E-state index contributed by atoms with van der Waals surface area (Å²) in [4.78, 5) is 13.9. The van der Waals surface area contributed by atoms with Crippen LogP contribution in [-0.4, -0.2) is 22.3 Å². The predicted molar refractivity (Wildman–Crippen MR) is 272 cm³/mol. The van der Waals surface area contributed by atoms with Crippen LogP contribution in [0.4, 0.5) is 5.69 Å². The van der Waals surface area contributed by atoms with Gasteiger partial charge >= 0.3 is 0 Å². The summed E-state index contributed by atoms with van der Waals surface area (Å²) in [5, 5.41) is 8.93. The Morgan fingerprint density at radius 1 is 0.667 bits per heavy atom. The number of aromatic nitrogens is 1. The average Bonchev–Trinajstić information content (AvgIpc) is 3.90. The van der Waals surface area contributed by atoms with Crippen LogP contribution in [0.15, 0.2) is 214 Å². The Balaban J connectivity index is 1.00. The quantitative estimate of drug-likeness (QED) is 0.191. The third-order valence-corrected chi connectivity index (χ3v) is 15.4. The summed E-state index contributed by atoms with van der Waals surface area (Å²) < 4.78 is 2.62. The number of hydrogen-bond acceptors (Lipinski definition) is 4. The van der Waals surface area contributed by atoms with Gasteiger partial charge in [0.15, 0.2) is 5.84 Å². The molecule has 6 atom stereocenters. The number of rotatable bonds is 5. The van der Waals surface area contributed by atoms with Gasteiger partial charge in [0, 0.05) is 68.2 Å². The van der Waals surface area contributed by atoms with Gasteiger partial charge in [-0.05, 0) is 83.4 Å². The molecule has 0 saturated heterocycles. The van der Waals surface area contributed by atoms with E-state index in [2.05, 4.69) is 209 Å². The minimum absolute atomic E-state index is 0.185. The molecule has 2 aliphatic heterocycles. The summed E-state index contributed by atoms with van der Waals surface area (Å²) in [7, 11) is 0. The Morgan fingerprint density at radius 2 is 1.48 bits per heavy atom. The molecule has 318 valence electrons. The molecule has 0 bridgehead atoms. The topological polar surface area (TPSA) is 44.9 Å². The van der Waals surface area contributed by atoms with Crippen molar-refractivity contribution in [3.05, 3.63) is 243 Å². The first-order chi connectivity index (χ1) is 32.8. The van der Waals surface area contributed by atoms with Crippen molar-refractivity contribution < 1.29 is 0 Å². The molecule has 0 spiro atoms. The van der Waals surface area contributed by atoms with Gasteiger partial charge in [-0.3, -0.25) is 0 Å². The van der Waals surface area contributed by atoms with E-state index in [0.29, 0.717) is 0 Å². The van der Waals surface area contributed by atoms with Crippen molar-refractivity contribution in [1.82, 2.24) is 9.88 Å². The zero-order chi connectivity index (χ0) is 43.3. The van der Waals surface area contributed by atoms with E-state index in [0.717, 1.165) is 66.0 Å². The van der Waals surface area contributed by atoms with Crippen LogP contribution < -0.4 is 20.8 Å². The lowest BCUT2D eigenvalue weighted by atomic mass is 9.78. The first-order valence-electron chi connectivity index (χ1n) is 24.0. The molecule has 7 aliphatic carbocycles. The Hall–Kier alpha value is -7.50. The molecule has 0 amide bonds. The van der Waals surface area contributed by atoms with Crippen LogP contribution in [0.2, 0.25) is 0 Å². The summed E-state index contributed by atoms with van der Waals surface area (Å²) >= 11 is 0. The highest BCUT2D eigenvalue weighted by molar-refractivity contribution is 6.17. The predicted octanol–water partition coefficient (Wildman–Crippen LogP) is 11.5. The summed E-state index contributed by atoms with van der Waals surface area (Å²) in [5.41, 5.74) is 15.8.